The van der Waals surface area contributed by atoms with Gasteiger partial charge in [0.05, 0.1) is 5.41 Å². The maximum absolute atomic E-state index is 3.95. The molecule has 146 valence electrons. The van der Waals surface area contributed by atoms with Crippen LogP contribution in [-0.4, -0.2) is 0 Å². The molecule has 7 rings (SSSR count). The Labute approximate surface area is 197 Å². The van der Waals surface area contributed by atoms with Gasteiger partial charge in [-0.25, -0.2) is 0 Å². The zero-order valence-electron chi connectivity index (χ0n) is 16.5. The number of halogens is 2. The lowest BCUT2D eigenvalue weighted by Gasteiger charge is -2.34. The molecule has 1 spiro atoms. The molecule has 4 aromatic rings. The third-order valence-electron chi connectivity index (χ3n) is 6.98. The minimum Gasteiger partial charge on any atom is -0.0651 e. The number of fused-ring (bicyclic) bond motifs is 10. The van der Waals surface area contributed by atoms with Gasteiger partial charge in [-0.15, -0.1) is 0 Å². The third kappa shape index (κ3) is 2.15. The van der Waals surface area contributed by atoms with Crippen molar-refractivity contribution in [3.63, 3.8) is 0 Å². The Morgan fingerprint density at radius 3 is 2.52 bits per heavy atom. The van der Waals surface area contributed by atoms with E-state index in [1.807, 2.05) is 0 Å². The Balaban J connectivity index is 1.72. The molecule has 0 saturated heterocycles. The Bertz CT molecular complexity index is 1650. The fraction of sp³-hybridized carbons (Fsp3) is 0.0345. The minimum absolute atomic E-state index is 0.317. The highest BCUT2D eigenvalue weighted by atomic mass is 79.9. The average molecular weight is 524 g/mol. The predicted molar refractivity (Wildman–Crippen MR) is 136 cm³/mol. The summed E-state index contributed by atoms with van der Waals surface area (Å²) in [7, 11) is 0. The van der Waals surface area contributed by atoms with Gasteiger partial charge in [-0.3, -0.25) is 0 Å². The van der Waals surface area contributed by atoms with Gasteiger partial charge in [-0.05, 0) is 98.6 Å². The zero-order valence-corrected chi connectivity index (χ0v) is 19.7. The molecule has 0 heterocycles. The summed E-state index contributed by atoms with van der Waals surface area (Å²) in [6.07, 6.45) is 9.28. The molecule has 31 heavy (non-hydrogen) atoms. The van der Waals surface area contributed by atoms with Crippen molar-refractivity contribution in [1.29, 1.82) is 0 Å². The van der Waals surface area contributed by atoms with Gasteiger partial charge in [0.1, 0.15) is 0 Å². The SMILES string of the molecule is Brc1ccc2c(c1Br)C1(C=CC=C3C=c4c(ccc5ccccc45)=C31)c1ccccc1-2. The van der Waals surface area contributed by atoms with Gasteiger partial charge in [0.25, 0.3) is 0 Å². The van der Waals surface area contributed by atoms with Crippen LogP contribution in [0.5, 0.6) is 0 Å². The number of benzene rings is 4. The van der Waals surface area contributed by atoms with Crippen LogP contribution in [0.15, 0.2) is 106 Å². The fourth-order valence-electron chi connectivity index (χ4n) is 5.79. The standard InChI is InChI=1S/C29H16Br2/c30-25-14-13-21-20-9-3-4-10-24(20)29(27(21)28(25)31)15-5-7-18-16-23-19-8-2-1-6-17(19)11-12-22(23)26(18)29/h1-16H. The van der Waals surface area contributed by atoms with E-state index in [1.165, 1.54) is 54.6 Å². The van der Waals surface area contributed by atoms with Crippen LogP contribution in [-0.2, 0) is 5.41 Å². The largest absolute Gasteiger partial charge is 0.0670 e. The smallest absolute Gasteiger partial charge is 0.0651 e. The molecule has 0 bridgehead atoms. The summed E-state index contributed by atoms with van der Waals surface area (Å²) in [6.45, 7) is 0. The van der Waals surface area contributed by atoms with Crippen molar-refractivity contribution >= 4 is 54.3 Å². The van der Waals surface area contributed by atoms with Crippen molar-refractivity contribution in [2.75, 3.05) is 0 Å². The Kier molecular flexibility index (Phi) is 3.58. The molecule has 0 radical (unpaired) electrons. The van der Waals surface area contributed by atoms with Crippen molar-refractivity contribution < 1.29 is 0 Å². The maximum Gasteiger partial charge on any atom is 0.0670 e. The first-order chi connectivity index (χ1) is 15.2. The van der Waals surface area contributed by atoms with Gasteiger partial charge in [-0.2, -0.15) is 0 Å². The summed E-state index contributed by atoms with van der Waals surface area (Å²) in [6, 6.07) is 26.6. The minimum atomic E-state index is -0.317. The van der Waals surface area contributed by atoms with E-state index < -0.39 is 0 Å². The van der Waals surface area contributed by atoms with Crippen molar-refractivity contribution in [3.05, 3.63) is 127 Å². The highest BCUT2D eigenvalue weighted by Crippen LogP contribution is 2.59. The van der Waals surface area contributed by atoms with Gasteiger partial charge in [0, 0.05) is 8.95 Å². The van der Waals surface area contributed by atoms with E-state index in [0.717, 1.165) is 8.95 Å². The second-order valence-corrected chi connectivity index (χ2v) is 10.0. The normalized spacial score (nSPS) is 19.7. The number of rotatable bonds is 0. The van der Waals surface area contributed by atoms with Gasteiger partial charge in [-0.1, -0.05) is 85.0 Å². The first-order valence-electron chi connectivity index (χ1n) is 10.4. The lowest BCUT2D eigenvalue weighted by molar-refractivity contribution is 0.853. The molecule has 0 fully saturated rings. The van der Waals surface area contributed by atoms with Crippen LogP contribution in [0, 0.1) is 0 Å². The summed E-state index contributed by atoms with van der Waals surface area (Å²) in [4.78, 5) is 0. The molecule has 3 aliphatic rings. The third-order valence-corrected chi connectivity index (χ3v) is 8.99. The molecular formula is C29H16Br2. The fourth-order valence-corrected chi connectivity index (χ4v) is 6.78. The predicted octanol–water partition coefficient (Wildman–Crippen LogP) is 6.77. The first kappa shape index (κ1) is 17.9. The van der Waals surface area contributed by atoms with E-state index in [2.05, 4.69) is 129 Å². The molecule has 2 heteroatoms. The van der Waals surface area contributed by atoms with Gasteiger partial charge in [0.2, 0.25) is 0 Å². The van der Waals surface area contributed by atoms with E-state index >= 15 is 0 Å². The van der Waals surface area contributed by atoms with E-state index in [-0.39, 0.29) is 5.41 Å². The molecule has 1 atom stereocenters. The summed E-state index contributed by atoms with van der Waals surface area (Å²) in [5, 5.41) is 5.27. The molecule has 0 saturated carbocycles. The molecule has 0 aromatic heterocycles. The lowest BCUT2D eigenvalue weighted by Crippen LogP contribution is -2.34. The van der Waals surface area contributed by atoms with Crippen LogP contribution in [0.25, 0.3) is 33.5 Å². The monoisotopic (exact) mass is 522 g/mol. The number of hydrogen-bond acceptors (Lipinski definition) is 0. The summed E-state index contributed by atoms with van der Waals surface area (Å²) < 4.78 is 2.22. The first-order valence-corrected chi connectivity index (χ1v) is 12.0. The summed E-state index contributed by atoms with van der Waals surface area (Å²) in [5.74, 6) is 0. The van der Waals surface area contributed by atoms with E-state index in [4.69, 9.17) is 0 Å². The number of allylic oxidation sites excluding steroid dienone is 4. The molecule has 0 N–H and O–H groups in total. The van der Waals surface area contributed by atoms with Crippen LogP contribution in [0.3, 0.4) is 0 Å². The van der Waals surface area contributed by atoms with Crippen molar-refractivity contribution in [1.82, 2.24) is 0 Å². The van der Waals surface area contributed by atoms with Crippen LogP contribution in [0.1, 0.15) is 11.1 Å². The van der Waals surface area contributed by atoms with Gasteiger partial charge in [0.15, 0.2) is 0 Å². The molecule has 1 unspecified atom stereocenters. The molecule has 3 aliphatic carbocycles. The second-order valence-electron chi connectivity index (χ2n) is 8.39. The molecule has 0 nitrogen and oxygen atoms in total. The average Bonchev–Trinajstić information content (AvgIpc) is 3.32. The second kappa shape index (κ2) is 6.18. The van der Waals surface area contributed by atoms with E-state index in [1.54, 1.807) is 0 Å². The summed E-state index contributed by atoms with van der Waals surface area (Å²) in [5.41, 5.74) is 7.69. The van der Waals surface area contributed by atoms with Gasteiger partial charge >= 0.3 is 0 Å². The highest BCUT2D eigenvalue weighted by Gasteiger charge is 2.48. The Hall–Kier alpha value is -2.68. The topological polar surface area (TPSA) is 0 Å². The summed E-state index contributed by atoms with van der Waals surface area (Å²) >= 11 is 7.73. The lowest BCUT2D eigenvalue weighted by atomic mass is 9.67. The molecule has 0 aliphatic heterocycles. The van der Waals surface area contributed by atoms with Crippen molar-refractivity contribution in [2.45, 2.75) is 5.41 Å². The van der Waals surface area contributed by atoms with Crippen LogP contribution in [0.2, 0.25) is 0 Å². The van der Waals surface area contributed by atoms with E-state index in [0.29, 0.717) is 0 Å². The van der Waals surface area contributed by atoms with Crippen LogP contribution < -0.4 is 10.4 Å². The quantitative estimate of drug-likeness (QED) is 0.238. The van der Waals surface area contributed by atoms with Crippen molar-refractivity contribution in [2.24, 2.45) is 0 Å². The molecular weight excluding hydrogens is 508 g/mol. The van der Waals surface area contributed by atoms with Crippen molar-refractivity contribution in [3.8, 4) is 11.1 Å². The highest BCUT2D eigenvalue weighted by molar-refractivity contribution is 9.13. The van der Waals surface area contributed by atoms with E-state index in [9.17, 15) is 0 Å². The Morgan fingerprint density at radius 1 is 0.742 bits per heavy atom. The van der Waals surface area contributed by atoms with Crippen LogP contribution in [0.4, 0.5) is 0 Å². The maximum atomic E-state index is 3.95. The molecule has 4 aromatic carbocycles. The Morgan fingerprint density at radius 2 is 1.58 bits per heavy atom. The zero-order chi connectivity index (χ0) is 20.7. The molecule has 0 amide bonds. The van der Waals surface area contributed by atoms with Crippen LogP contribution >= 0.6 is 31.9 Å². The number of hydrogen-bond donors (Lipinski definition) is 0. The van der Waals surface area contributed by atoms with Gasteiger partial charge < -0.3 is 0 Å².